The molecule has 10 heteroatoms. The lowest BCUT2D eigenvalue weighted by atomic mass is 10.1. The zero-order valence-corrected chi connectivity index (χ0v) is 25.8. The Bertz CT molecular complexity index is 954. The van der Waals surface area contributed by atoms with E-state index in [1.54, 1.807) is 0 Å². The van der Waals surface area contributed by atoms with Gasteiger partial charge in [-0.2, -0.15) is 10.2 Å². The van der Waals surface area contributed by atoms with Crippen molar-refractivity contribution in [3.8, 4) is 0 Å². The van der Waals surface area contributed by atoms with Gasteiger partial charge < -0.3 is 9.47 Å². The first-order valence-electron chi connectivity index (χ1n) is 15.3. The van der Waals surface area contributed by atoms with Crippen LogP contribution in [0.4, 0.5) is 0 Å². The number of carbonyl (C=O) groups is 4. The molecule has 0 saturated heterocycles. The van der Waals surface area contributed by atoms with Crippen molar-refractivity contribution in [3.63, 3.8) is 0 Å². The zero-order chi connectivity index (χ0) is 30.2. The maximum absolute atomic E-state index is 12.2. The number of hydrogen-bond donors (Lipinski definition) is 2. The van der Waals surface area contributed by atoms with Crippen LogP contribution in [0.2, 0.25) is 0 Å². The van der Waals surface area contributed by atoms with Gasteiger partial charge >= 0.3 is 11.9 Å². The standard InChI is InChI=1S/C31H50N4O6/c1-20-18-24-22(30(24,3)4)14-16-40-28(38)12-7-8-13-29(39)41-17-15-23-25(31(23,5)6)19-21(2)33-35-27(37)11-9-10-26(36)34-32-20/h22-25H,7-19H2,1-6H3,(H,34,36)(H,35,37)/b32-20-,33-21?/t22-,23-,24+,25-/m1/s1. The third-order valence-corrected chi connectivity index (χ3v) is 9.55. The summed E-state index contributed by atoms with van der Waals surface area (Å²) in [6.07, 6.45) is 5.73. The average Bonchev–Trinajstić information content (AvgIpc) is 3.63. The maximum atomic E-state index is 12.2. The normalized spacial score (nSPS) is 32.3. The van der Waals surface area contributed by atoms with Crippen LogP contribution in [0, 0.1) is 34.5 Å². The highest BCUT2D eigenvalue weighted by molar-refractivity contribution is 5.86. The van der Waals surface area contributed by atoms with E-state index in [9.17, 15) is 19.2 Å². The molecule has 3 aliphatic rings. The number of fused-ring (bicyclic) bond motifs is 2. The monoisotopic (exact) mass is 574 g/mol. The fourth-order valence-electron chi connectivity index (χ4n) is 6.52. The maximum Gasteiger partial charge on any atom is 0.305 e. The van der Waals surface area contributed by atoms with Gasteiger partial charge in [-0.25, -0.2) is 10.9 Å². The molecular weight excluding hydrogens is 524 g/mol. The van der Waals surface area contributed by atoms with Gasteiger partial charge in [0.2, 0.25) is 11.8 Å². The lowest BCUT2D eigenvalue weighted by molar-refractivity contribution is -0.146. The van der Waals surface area contributed by atoms with E-state index in [4.69, 9.17) is 9.47 Å². The van der Waals surface area contributed by atoms with E-state index in [1.165, 1.54) is 0 Å². The largest absolute Gasteiger partial charge is 0.466 e. The molecule has 3 rings (SSSR count). The van der Waals surface area contributed by atoms with Crippen LogP contribution < -0.4 is 10.9 Å². The Morgan fingerprint density at radius 1 is 0.610 bits per heavy atom. The minimum absolute atomic E-state index is 0.123. The third kappa shape index (κ3) is 9.92. The number of ether oxygens (including phenoxy) is 2. The summed E-state index contributed by atoms with van der Waals surface area (Å²) >= 11 is 0. The molecule has 10 nitrogen and oxygen atoms in total. The molecule has 2 saturated carbocycles. The van der Waals surface area contributed by atoms with Crippen LogP contribution in [0.15, 0.2) is 10.2 Å². The van der Waals surface area contributed by atoms with Gasteiger partial charge in [0.1, 0.15) is 0 Å². The average molecular weight is 575 g/mol. The summed E-state index contributed by atoms with van der Waals surface area (Å²) in [6.45, 7) is 13.4. The number of nitrogens with zero attached hydrogens (tertiary/aromatic N) is 2. The van der Waals surface area contributed by atoms with Gasteiger partial charge in [-0.3, -0.25) is 19.2 Å². The summed E-state index contributed by atoms with van der Waals surface area (Å²) in [7, 11) is 0. The molecule has 0 aromatic rings. The molecule has 0 unspecified atom stereocenters. The third-order valence-electron chi connectivity index (χ3n) is 9.55. The van der Waals surface area contributed by atoms with E-state index in [-0.39, 0.29) is 47.4 Å². The molecule has 0 aromatic carbocycles. The molecule has 230 valence electrons. The first-order valence-corrected chi connectivity index (χ1v) is 15.3. The number of nitrogens with one attached hydrogen (secondary N) is 2. The number of amides is 2. The molecule has 4 atom stereocenters. The van der Waals surface area contributed by atoms with E-state index in [1.807, 2.05) is 13.8 Å². The topological polar surface area (TPSA) is 136 Å². The molecule has 1 aliphatic heterocycles. The van der Waals surface area contributed by atoms with Crippen molar-refractivity contribution in [3.05, 3.63) is 0 Å². The quantitative estimate of drug-likeness (QED) is 0.395. The second-order valence-electron chi connectivity index (χ2n) is 13.3. The van der Waals surface area contributed by atoms with Gasteiger partial charge in [-0.1, -0.05) is 27.7 Å². The first-order chi connectivity index (χ1) is 19.3. The molecule has 0 radical (unpaired) electrons. The Labute approximate surface area is 244 Å². The van der Waals surface area contributed by atoms with Gasteiger partial charge in [0.15, 0.2) is 0 Å². The molecule has 0 spiro atoms. The van der Waals surface area contributed by atoms with Crippen molar-refractivity contribution in [2.45, 2.75) is 112 Å². The summed E-state index contributed by atoms with van der Waals surface area (Å²) in [5, 5.41) is 8.53. The summed E-state index contributed by atoms with van der Waals surface area (Å²) < 4.78 is 10.9. The van der Waals surface area contributed by atoms with E-state index in [0.717, 1.165) is 37.1 Å². The zero-order valence-electron chi connectivity index (χ0n) is 25.8. The van der Waals surface area contributed by atoms with Gasteiger partial charge in [-0.15, -0.1) is 0 Å². The van der Waals surface area contributed by atoms with E-state index in [2.05, 4.69) is 48.7 Å². The van der Waals surface area contributed by atoms with Gasteiger partial charge in [0, 0.05) is 37.1 Å². The van der Waals surface area contributed by atoms with Gasteiger partial charge in [-0.05, 0) is 93.3 Å². The van der Waals surface area contributed by atoms with Crippen molar-refractivity contribution < 1.29 is 28.7 Å². The van der Waals surface area contributed by atoms with Crippen LogP contribution in [-0.2, 0) is 28.7 Å². The Morgan fingerprint density at radius 3 is 1.39 bits per heavy atom. The smallest absolute Gasteiger partial charge is 0.305 e. The predicted molar refractivity (Wildman–Crippen MR) is 157 cm³/mol. The number of esters is 2. The van der Waals surface area contributed by atoms with E-state index < -0.39 is 0 Å². The van der Waals surface area contributed by atoms with Crippen molar-refractivity contribution >= 4 is 35.2 Å². The van der Waals surface area contributed by atoms with Crippen LogP contribution >= 0.6 is 0 Å². The van der Waals surface area contributed by atoms with Crippen LogP contribution in [-0.4, -0.2) is 48.4 Å². The number of hydrogen-bond acceptors (Lipinski definition) is 8. The number of hydrazone groups is 2. The predicted octanol–water partition coefficient (Wildman–Crippen LogP) is 4.91. The Balaban J connectivity index is 1.53. The summed E-state index contributed by atoms with van der Waals surface area (Å²) in [6, 6.07) is 0. The Hall–Kier alpha value is -2.78. The Morgan fingerprint density at radius 2 is 1.00 bits per heavy atom. The second kappa shape index (κ2) is 14.4. The fraction of sp³-hybridized carbons (Fsp3) is 0.806. The lowest BCUT2D eigenvalue weighted by Gasteiger charge is -2.07. The van der Waals surface area contributed by atoms with Crippen molar-refractivity contribution in [1.82, 2.24) is 10.9 Å². The van der Waals surface area contributed by atoms with E-state index >= 15 is 0 Å². The van der Waals surface area contributed by atoms with Crippen molar-refractivity contribution in [1.29, 1.82) is 0 Å². The van der Waals surface area contributed by atoms with Crippen LogP contribution in [0.25, 0.3) is 0 Å². The molecule has 2 N–H and O–H groups in total. The molecule has 1 heterocycles. The second-order valence-corrected chi connectivity index (χ2v) is 13.3. The van der Waals surface area contributed by atoms with Crippen molar-refractivity contribution in [2.24, 2.45) is 44.7 Å². The molecule has 2 amide bonds. The molecule has 2 aliphatic carbocycles. The van der Waals surface area contributed by atoms with Crippen molar-refractivity contribution in [2.75, 3.05) is 13.2 Å². The number of rotatable bonds is 0. The van der Waals surface area contributed by atoms with Crippen LogP contribution in [0.3, 0.4) is 0 Å². The minimum atomic E-state index is -0.226. The Kier molecular flexibility index (Phi) is 11.5. The summed E-state index contributed by atoms with van der Waals surface area (Å²) in [4.78, 5) is 48.8. The molecule has 0 bridgehead atoms. The highest BCUT2D eigenvalue weighted by atomic mass is 16.5. The SMILES string of the molecule is CC1=NNC(=O)CCCC(=O)N/N=C(/C)C[C@H]2[C@@H](CCOC(=O)CCCCC(=O)OCC[C@@H]3[C@@H](C1)C3(C)C)C2(C)C. The molecular formula is C31H50N4O6. The summed E-state index contributed by atoms with van der Waals surface area (Å²) in [5.74, 6) is 0.777. The van der Waals surface area contributed by atoms with E-state index in [0.29, 0.717) is 69.0 Å². The first kappa shape index (κ1) is 32.7. The van der Waals surface area contributed by atoms with Crippen LogP contribution in [0.1, 0.15) is 112 Å². The highest BCUT2D eigenvalue weighted by Gasteiger charge is 2.57. The van der Waals surface area contributed by atoms with Gasteiger partial charge in [0.05, 0.1) is 13.2 Å². The minimum Gasteiger partial charge on any atom is -0.466 e. The number of carbonyl (C=O) groups excluding carboxylic acids is 4. The highest BCUT2D eigenvalue weighted by Crippen LogP contribution is 2.62. The lowest BCUT2D eigenvalue weighted by Crippen LogP contribution is -2.22. The van der Waals surface area contributed by atoms with Crippen LogP contribution in [0.5, 0.6) is 0 Å². The molecule has 2 fully saturated rings. The summed E-state index contributed by atoms with van der Waals surface area (Å²) in [5.41, 5.74) is 7.17. The number of cyclic esters (lactones) is 2. The molecule has 0 aromatic heterocycles. The fourth-order valence-corrected chi connectivity index (χ4v) is 6.52. The van der Waals surface area contributed by atoms with Gasteiger partial charge in [0.25, 0.3) is 0 Å². The molecule has 41 heavy (non-hydrogen) atoms.